The molecule has 0 amide bonds. The van der Waals surface area contributed by atoms with Crippen molar-refractivity contribution in [2.75, 3.05) is 14.2 Å². The molecule has 4 nitrogen and oxygen atoms in total. The topological polar surface area (TPSA) is 44.2 Å². The van der Waals surface area contributed by atoms with E-state index in [0.29, 0.717) is 17.6 Å². The van der Waals surface area contributed by atoms with Crippen LogP contribution >= 0.6 is 34.2 Å². The van der Waals surface area contributed by atoms with E-state index in [9.17, 15) is 0 Å². The van der Waals surface area contributed by atoms with Gasteiger partial charge in [0.1, 0.15) is 10.8 Å². The van der Waals surface area contributed by atoms with Crippen molar-refractivity contribution in [1.29, 1.82) is 0 Å². The predicted molar refractivity (Wildman–Crippen MR) is 86.9 cm³/mol. The van der Waals surface area contributed by atoms with Crippen LogP contribution in [0.2, 0.25) is 5.15 Å². The Balaban J connectivity index is 2.43. The molecule has 0 aromatic carbocycles. The lowest BCUT2D eigenvalue weighted by Crippen LogP contribution is -2.31. The molecule has 1 aliphatic carbocycles. The predicted octanol–water partition coefficient (Wildman–Crippen LogP) is 4.08. The fraction of sp³-hybridized carbons (Fsp3) is 0.714. The highest BCUT2D eigenvalue weighted by molar-refractivity contribution is 14.1. The number of halogens is 2. The first-order valence-corrected chi connectivity index (χ1v) is 8.35. The van der Waals surface area contributed by atoms with Crippen LogP contribution in [0.25, 0.3) is 0 Å². The van der Waals surface area contributed by atoms with Gasteiger partial charge in [0.2, 0.25) is 0 Å². The van der Waals surface area contributed by atoms with Gasteiger partial charge in [-0.05, 0) is 35.4 Å². The van der Waals surface area contributed by atoms with Crippen LogP contribution in [0.3, 0.4) is 0 Å². The molecule has 1 aliphatic rings. The molecule has 0 saturated heterocycles. The van der Waals surface area contributed by atoms with Crippen LogP contribution in [0.1, 0.15) is 50.0 Å². The van der Waals surface area contributed by atoms with Crippen molar-refractivity contribution in [3.63, 3.8) is 0 Å². The van der Waals surface area contributed by atoms with Gasteiger partial charge in [-0.25, -0.2) is 9.97 Å². The number of rotatable bonds is 4. The van der Waals surface area contributed by atoms with Crippen molar-refractivity contribution in [3.8, 4) is 0 Å². The number of hydrogen-bond acceptors (Lipinski definition) is 4. The Labute approximate surface area is 138 Å². The van der Waals surface area contributed by atoms with Crippen LogP contribution in [0, 0.1) is 3.57 Å². The zero-order chi connectivity index (χ0) is 14.6. The maximum atomic E-state index is 6.26. The maximum Gasteiger partial charge on any atom is 0.162 e. The molecule has 0 spiro atoms. The number of hydrogen-bond donors (Lipinski definition) is 0. The number of methoxy groups -OCH3 is 2. The van der Waals surface area contributed by atoms with E-state index >= 15 is 0 Å². The fourth-order valence-corrected chi connectivity index (χ4v) is 3.30. The standard InChI is InChI=1S/C14H20ClIN2O2/c1-19-9-10-11(16)12(15)18-13(17-10)14(20-2)7-5-3-4-6-8-14/h3-9H2,1-2H3. The molecule has 112 valence electrons. The molecular weight excluding hydrogens is 391 g/mol. The third kappa shape index (κ3) is 3.43. The van der Waals surface area contributed by atoms with Gasteiger partial charge in [0.25, 0.3) is 0 Å². The molecule has 0 radical (unpaired) electrons. The lowest BCUT2D eigenvalue weighted by molar-refractivity contribution is -0.0355. The van der Waals surface area contributed by atoms with Crippen molar-refractivity contribution in [2.45, 2.75) is 50.7 Å². The summed E-state index contributed by atoms with van der Waals surface area (Å²) in [6, 6.07) is 0. The third-order valence-corrected chi connectivity index (χ3v) is 5.60. The summed E-state index contributed by atoms with van der Waals surface area (Å²) in [5.74, 6) is 0.708. The Bertz CT molecular complexity index is 463. The van der Waals surface area contributed by atoms with E-state index in [2.05, 4.69) is 32.6 Å². The maximum absolute atomic E-state index is 6.26. The van der Waals surface area contributed by atoms with E-state index in [1.165, 1.54) is 12.8 Å². The molecular formula is C14H20ClIN2O2. The molecule has 1 heterocycles. The van der Waals surface area contributed by atoms with Gasteiger partial charge in [-0.15, -0.1) is 0 Å². The molecule has 6 heteroatoms. The summed E-state index contributed by atoms with van der Waals surface area (Å²) < 4.78 is 11.9. The molecule has 0 atom stereocenters. The van der Waals surface area contributed by atoms with E-state index < -0.39 is 5.60 Å². The van der Waals surface area contributed by atoms with Crippen molar-refractivity contribution >= 4 is 34.2 Å². The molecule has 20 heavy (non-hydrogen) atoms. The minimum Gasteiger partial charge on any atom is -0.378 e. The molecule has 1 fully saturated rings. The SMILES string of the molecule is COCc1nc(C2(OC)CCCCCC2)nc(Cl)c1I. The largest absolute Gasteiger partial charge is 0.378 e. The monoisotopic (exact) mass is 410 g/mol. The summed E-state index contributed by atoms with van der Waals surface area (Å²) in [5, 5.41) is 0.489. The third-order valence-electron chi connectivity index (χ3n) is 3.87. The van der Waals surface area contributed by atoms with Gasteiger partial charge in [0.15, 0.2) is 5.82 Å². The second kappa shape index (κ2) is 7.33. The highest BCUT2D eigenvalue weighted by atomic mass is 127. The molecule has 0 aliphatic heterocycles. The quantitative estimate of drug-likeness (QED) is 0.426. The van der Waals surface area contributed by atoms with Crippen molar-refractivity contribution in [3.05, 3.63) is 20.2 Å². The zero-order valence-electron chi connectivity index (χ0n) is 11.9. The summed E-state index contributed by atoms with van der Waals surface area (Å²) >= 11 is 8.43. The van der Waals surface area contributed by atoms with E-state index in [0.717, 1.165) is 34.9 Å². The van der Waals surface area contributed by atoms with Gasteiger partial charge in [-0.3, -0.25) is 0 Å². The Hall–Kier alpha value is 0.0200. The zero-order valence-corrected chi connectivity index (χ0v) is 14.8. The Morgan fingerprint density at radius 3 is 2.35 bits per heavy atom. The molecule has 1 aromatic rings. The fourth-order valence-electron chi connectivity index (χ4n) is 2.72. The van der Waals surface area contributed by atoms with Crippen molar-refractivity contribution in [2.24, 2.45) is 0 Å². The second-order valence-electron chi connectivity index (χ2n) is 5.14. The molecule has 0 bridgehead atoms. The highest BCUT2D eigenvalue weighted by Crippen LogP contribution is 2.38. The lowest BCUT2D eigenvalue weighted by atomic mass is 9.93. The average molecular weight is 411 g/mol. The first-order chi connectivity index (χ1) is 9.63. The number of ether oxygens (including phenoxy) is 2. The van der Waals surface area contributed by atoms with E-state index in [-0.39, 0.29) is 0 Å². The van der Waals surface area contributed by atoms with Gasteiger partial charge < -0.3 is 9.47 Å². The van der Waals surface area contributed by atoms with E-state index in [1.54, 1.807) is 14.2 Å². The van der Waals surface area contributed by atoms with Crippen LogP contribution in [-0.4, -0.2) is 24.2 Å². The first-order valence-electron chi connectivity index (χ1n) is 6.89. The van der Waals surface area contributed by atoms with Crippen LogP contribution in [0.5, 0.6) is 0 Å². The van der Waals surface area contributed by atoms with Gasteiger partial charge in [-0.2, -0.15) is 0 Å². The highest BCUT2D eigenvalue weighted by Gasteiger charge is 2.36. The molecule has 0 N–H and O–H groups in total. The Morgan fingerprint density at radius 2 is 1.80 bits per heavy atom. The number of aromatic nitrogens is 2. The van der Waals surface area contributed by atoms with Gasteiger partial charge in [0.05, 0.1) is 15.9 Å². The van der Waals surface area contributed by atoms with Gasteiger partial charge >= 0.3 is 0 Å². The van der Waals surface area contributed by atoms with Crippen molar-refractivity contribution < 1.29 is 9.47 Å². The molecule has 2 rings (SSSR count). The van der Waals surface area contributed by atoms with E-state index in [1.807, 2.05) is 0 Å². The molecule has 0 unspecified atom stereocenters. The van der Waals surface area contributed by atoms with Crippen LogP contribution in [0.4, 0.5) is 0 Å². The first kappa shape index (κ1) is 16.4. The van der Waals surface area contributed by atoms with Gasteiger partial charge in [-0.1, -0.05) is 37.3 Å². The average Bonchev–Trinajstić information content (AvgIpc) is 2.70. The summed E-state index contributed by atoms with van der Waals surface area (Å²) in [6.45, 7) is 0.438. The Morgan fingerprint density at radius 1 is 1.15 bits per heavy atom. The summed E-state index contributed by atoms with van der Waals surface area (Å²) in [6.07, 6.45) is 6.67. The summed E-state index contributed by atoms with van der Waals surface area (Å²) in [4.78, 5) is 9.17. The second-order valence-corrected chi connectivity index (χ2v) is 6.58. The van der Waals surface area contributed by atoms with Crippen molar-refractivity contribution in [1.82, 2.24) is 9.97 Å². The normalized spacial score (nSPS) is 18.8. The van der Waals surface area contributed by atoms with Crippen LogP contribution in [0.15, 0.2) is 0 Å². The minimum absolute atomic E-state index is 0.396. The van der Waals surface area contributed by atoms with Gasteiger partial charge in [0, 0.05) is 14.2 Å². The van der Waals surface area contributed by atoms with E-state index in [4.69, 9.17) is 21.1 Å². The minimum atomic E-state index is -0.396. The lowest BCUT2D eigenvalue weighted by Gasteiger charge is -2.30. The smallest absolute Gasteiger partial charge is 0.162 e. The Kier molecular flexibility index (Phi) is 6.01. The van der Waals surface area contributed by atoms with Crippen LogP contribution in [-0.2, 0) is 21.7 Å². The molecule has 1 saturated carbocycles. The molecule has 1 aromatic heterocycles. The summed E-state index contributed by atoms with van der Waals surface area (Å²) in [5.41, 5.74) is 0.441. The summed E-state index contributed by atoms with van der Waals surface area (Å²) in [7, 11) is 3.40. The van der Waals surface area contributed by atoms with Crippen LogP contribution < -0.4 is 0 Å². The number of nitrogens with zero attached hydrogens (tertiary/aromatic N) is 2.